The lowest BCUT2D eigenvalue weighted by atomic mass is 10.0. The summed E-state index contributed by atoms with van der Waals surface area (Å²) in [6, 6.07) is 21.0. The molecule has 5 heteroatoms. The van der Waals surface area contributed by atoms with E-state index >= 15 is 0 Å². The van der Waals surface area contributed by atoms with Crippen LogP contribution in [0.1, 0.15) is 11.1 Å². The summed E-state index contributed by atoms with van der Waals surface area (Å²) in [5, 5.41) is 2.11. The first-order chi connectivity index (χ1) is 12.7. The SMILES string of the molecule is COc1ccccc1CC(=O)NNC(=O)Cc1cccc2ccccc12. The fourth-order valence-electron chi connectivity index (χ4n) is 2.87. The van der Waals surface area contributed by atoms with Gasteiger partial charge in [-0.15, -0.1) is 0 Å². The molecule has 0 aliphatic carbocycles. The molecule has 0 unspecified atom stereocenters. The second-order valence-corrected chi connectivity index (χ2v) is 5.90. The normalized spacial score (nSPS) is 10.3. The molecule has 0 aromatic heterocycles. The highest BCUT2D eigenvalue weighted by molar-refractivity contribution is 5.91. The van der Waals surface area contributed by atoms with Gasteiger partial charge >= 0.3 is 0 Å². The van der Waals surface area contributed by atoms with Crippen LogP contribution in [0.4, 0.5) is 0 Å². The van der Waals surface area contributed by atoms with E-state index in [1.165, 1.54) is 0 Å². The van der Waals surface area contributed by atoms with E-state index in [1.807, 2.05) is 60.7 Å². The van der Waals surface area contributed by atoms with Gasteiger partial charge in [-0.2, -0.15) is 0 Å². The number of carbonyl (C=O) groups is 2. The van der Waals surface area contributed by atoms with Crippen molar-refractivity contribution in [2.24, 2.45) is 0 Å². The van der Waals surface area contributed by atoms with Gasteiger partial charge in [0.15, 0.2) is 0 Å². The maximum absolute atomic E-state index is 12.2. The Morgan fingerprint density at radius 2 is 1.35 bits per heavy atom. The lowest BCUT2D eigenvalue weighted by Gasteiger charge is -2.10. The predicted octanol–water partition coefficient (Wildman–Crippen LogP) is 2.78. The van der Waals surface area contributed by atoms with Crippen LogP contribution in [-0.2, 0) is 22.4 Å². The Bertz CT molecular complexity index is 932. The van der Waals surface area contributed by atoms with Crippen LogP contribution in [0.5, 0.6) is 5.75 Å². The average Bonchev–Trinajstić information content (AvgIpc) is 2.67. The molecule has 5 nitrogen and oxygen atoms in total. The summed E-state index contributed by atoms with van der Waals surface area (Å²) in [5.41, 5.74) is 6.61. The first-order valence-corrected chi connectivity index (χ1v) is 8.33. The Kier molecular flexibility index (Phi) is 5.49. The topological polar surface area (TPSA) is 67.4 Å². The number of hydrogen-bond donors (Lipinski definition) is 2. The van der Waals surface area contributed by atoms with Crippen LogP contribution < -0.4 is 15.6 Å². The minimum absolute atomic E-state index is 0.124. The Balaban J connectivity index is 1.57. The number of hydrazine groups is 1. The summed E-state index contributed by atoms with van der Waals surface area (Å²) in [6.45, 7) is 0. The molecule has 0 saturated carbocycles. The molecule has 0 radical (unpaired) electrons. The van der Waals surface area contributed by atoms with Gasteiger partial charge in [0, 0.05) is 5.56 Å². The summed E-state index contributed by atoms with van der Waals surface area (Å²) < 4.78 is 5.22. The molecule has 3 aromatic rings. The van der Waals surface area contributed by atoms with Crippen molar-refractivity contribution in [3.63, 3.8) is 0 Å². The first kappa shape index (κ1) is 17.5. The molecule has 0 fully saturated rings. The van der Waals surface area contributed by atoms with Crippen molar-refractivity contribution < 1.29 is 14.3 Å². The van der Waals surface area contributed by atoms with Crippen molar-refractivity contribution in [1.82, 2.24) is 10.9 Å². The lowest BCUT2D eigenvalue weighted by molar-refractivity contribution is -0.128. The molecule has 0 aliphatic heterocycles. The smallest absolute Gasteiger partial charge is 0.242 e. The zero-order valence-corrected chi connectivity index (χ0v) is 14.5. The van der Waals surface area contributed by atoms with Gasteiger partial charge in [0.1, 0.15) is 5.75 Å². The second kappa shape index (κ2) is 8.16. The molecule has 0 aliphatic rings. The second-order valence-electron chi connectivity index (χ2n) is 5.90. The minimum Gasteiger partial charge on any atom is -0.496 e. The molecule has 26 heavy (non-hydrogen) atoms. The molecule has 0 bridgehead atoms. The molecular formula is C21H20N2O3. The van der Waals surface area contributed by atoms with Crippen LogP contribution in [-0.4, -0.2) is 18.9 Å². The number of hydrogen-bond acceptors (Lipinski definition) is 3. The summed E-state index contributed by atoms with van der Waals surface area (Å²) in [6.07, 6.45) is 0.314. The molecule has 0 spiro atoms. The van der Waals surface area contributed by atoms with Crippen LogP contribution in [0, 0.1) is 0 Å². The molecule has 2 N–H and O–H groups in total. The summed E-state index contributed by atoms with van der Waals surface area (Å²) >= 11 is 0. The molecule has 3 rings (SSSR count). The lowest BCUT2D eigenvalue weighted by Crippen LogP contribution is -2.43. The minimum atomic E-state index is -0.305. The van der Waals surface area contributed by atoms with E-state index in [9.17, 15) is 9.59 Å². The van der Waals surface area contributed by atoms with Crippen molar-refractivity contribution in [3.05, 3.63) is 77.9 Å². The third-order valence-corrected chi connectivity index (χ3v) is 4.12. The monoisotopic (exact) mass is 348 g/mol. The maximum Gasteiger partial charge on any atom is 0.242 e. The number of rotatable bonds is 5. The van der Waals surface area contributed by atoms with Crippen LogP contribution >= 0.6 is 0 Å². The number of methoxy groups -OCH3 is 1. The highest BCUT2D eigenvalue weighted by atomic mass is 16.5. The van der Waals surface area contributed by atoms with Crippen LogP contribution in [0.15, 0.2) is 66.7 Å². The standard InChI is InChI=1S/C21H20N2O3/c1-26-19-12-5-3-8-17(19)14-21(25)23-22-20(24)13-16-10-6-9-15-7-2-4-11-18(15)16/h2-12H,13-14H2,1H3,(H,22,24)(H,23,25). The zero-order valence-electron chi connectivity index (χ0n) is 14.5. The number of fused-ring (bicyclic) bond motifs is 1. The zero-order chi connectivity index (χ0) is 18.4. The number of nitrogens with one attached hydrogen (secondary N) is 2. The molecule has 132 valence electrons. The Morgan fingerprint density at radius 1 is 0.769 bits per heavy atom. The molecule has 0 atom stereocenters. The van der Waals surface area contributed by atoms with Gasteiger partial charge < -0.3 is 4.74 Å². The number of benzene rings is 3. The van der Waals surface area contributed by atoms with Crippen molar-refractivity contribution >= 4 is 22.6 Å². The number of amides is 2. The summed E-state index contributed by atoms with van der Waals surface area (Å²) in [5.74, 6) is 0.0697. The highest BCUT2D eigenvalue weighted by Gasteiger charge is 2.10. The van der Waals surface area contributed by atoms with E-state index < -0.39 is 0 Å². The predicted molar refractivity (Wildman–Crippen MR) is 101 cm³/mol. The Hall–Kier alpha value is -3.34. The van der Waals surface area contributed by atoms with Crippen molar-refractivity contribution in [1.29, 1.82) is 0 Å². The fraction of sp³-hybridized carbons (Fsp3) is 0.143. The first-order valence-electron chi connectivity index (χ1n) is 8.33. The van der Waals surface area contributed by atoms with Gasteiger partial charge in [0.25, 0.3) is 0 Å². The van der Waals surface area contributed by atoms with Crippen molar-refractivity contribution in [2.75, 3.05) is 7.11 Å². The van der Waals surface area contributed by atoms with Crippen LogP contribution in [0.25, 0.3) is 10.8 Å². The fourth-order valence-corrected chi connectivity index (χ4v) is 2.87. The van der Waals surface area contributed by atoms with E-state index in [1.54, 1.807) is 13.2 Å². The Labute approximate surface area is 152 Å². The van der Waals surface area contributed by atoms with E-state index in [2.05, 4.69) is 10.9 Å². The van der Waals surface area contributed by atoms with Gasteiger partial charge in [-0.05, 0) is 22.4 Å². The quantitative estimate of drug-likeness (QED) is 0.697. The third kappa shape index (κ3) is 4.19. The van der Waals surface area contributed by atoms with Crippen molar-refractivity contribution in [2.45, 2.75) is 12.8 Å². The van der Waals surface area contributed by atoms with Gasteiger partial charge in [-0.25, -0.2) is 0 Å². The van der Waals surface area contributed by atoms with Crippen LogP contribution in [0.2, 0.25) is 0 Å². The number of para-hydroxylation sites is 1. The Morgan fingerprint density at radius 3 is 2.12 bits per heavy atom. The molecule has 2 amide bonds. The molecule has 0 saturated heterocycles. The van der Waals surface area contributed by atoms with Crippen LogP contribution in [0.3, 0.4) is 0 Å². The maximum atomic E-state index is 12.2. The van der Waals surface area contributed by atoms with Gasteiger partial charge in [0.2, 0.25) is 11.8 Å². The third-order valence-electron chi connectivity index (χ3n) is 4.12. The van der Waals surface area contributed by atoms with Gasteiger partial charge in [-0.1, -0.05) is 60.7 Å². The van der Waals surface area contributed by atoms with Gasteiger partial charge in [-0.3, -0.25) is 20.4 Å². The van der Waals surface area contributed by atoms with E-state index in [4.69, 9.17) is 4.74 Å². The van der Waals surface area contributed by atoms with E-state index in [0.717, 1.165) is 21.9 Å². The molecule has 0 heterocycles. The number of ether oxygens (including phenoxy) is 1. The molecule has 3 aromatic carbocycles. The number of carbonyl (C=O) groups excluding carboxylic acids is 2. The highest BCUT2D eigenvalue weighted by Crippen LogP contribution is 2.19. The largest absolute Gasteiger partial charge is 0.496 e. The summed E-state index contributed by atoms with van der Waals surface area (Å²) in [7, 11) is 1.56. The van der Waals surface area contributed by atoms with E-state index in [-0.39, 0.29) is 24.7 Å². The van der Waals surface area contributed by atoms with E-state index in [0.29, 0.717) is 5.75 Å². The molecular weight excluding hydrogens is 328 g/mol. The summed E-state index contributed by atoms with van der Waals surface area (Å²) in [4.78, 5) is 24.3. The average molecular weight is 348 g/mol. The van der Waals surface area contributed by atoms with Crippen molar-refractivity contribution in [3.8, 4) is 5.75 Å². The van der Waals surface area contributed by atoms with Gasteiger partial charge in [0.05, 0.1) is 20.0 Å².